The highest BCUT2D eigenvalue weighted by Gasteiger charge is 2.09. The molecule has 0 aliphatic heterocycles. The summed E-state index contributed by atoms with van der Waals surface area (Å²) in [5.74, 6) is 0.809. The van der Waals surface area contributed by atoms with E-state index in [0.29, 0.717) is 12.0 Å². The Morgan fingerprint density at radius 2 is 1.94 bits per heavy atom. The van der Waals surface area contributed by atoms with Crippen LogP contribution >= 0.6 is 0 Å². The molecular formula is C14H23N3O. The molecule has 2 atom stereocenters. The fourth-order valence-electron chi connectivity index (χ4n) is 1.68. The summed E-state index contributed by atoms with van der Waals surface area (Å²) in [6.07, 6.45) is 1.18. The first-order chi connectivity index (χ1) is 8.58. The second-order valence-corrected chi connectivity index (χ2v) is 4.74. The molecule has 0 radical (unpaired) electrons. The van der Waals surface area contributed by atoms with Crippen LogP contribution in [0.15, 0.2) is 29.4 Å². The van der Waals surface area contributed by atoms with Crippen molar-refractivity contribution in [2.45, 2.75) is 39.8 Å². The minimum absolute atomic E-state index is 0.141. The van der Waals surface area contributed by atoms with E-state index >= 15 is 0 Å². The monoisotopic (exact) mass is 249 g/mol. The van der Waals surface area contributed by atoms with Gasteiger partial charge < -0.3 is 16.3 Å². The van der Waals surface area contributed by atoms with Crippen molar-refractivity contribution in [1.82, 2.24) is 5.32 Å². The Balaban J connectivity index is 2.54. The van der Waals surface area contributed by atoms with Crippen LogP contribution in [0.5, 0.6) is 0 Å². The SMILES string of the molecule is CCC(C)C(C)NCc1ccc(C(N)=NO)cc1. The number of nitrogens with one attached hydrogen (secondary N) is 1. The van der Waals surface area contributed by atoms with Gasteiger partial charge in [0.25, 0.3) is 0 Å². The average molecular weight is 249 g/mol. The van der Waals surface area contributed by atoms with Crippen molar-refractivity contribution in [2.75, 3.05) is 0 Å². The first-order valence-corrected chi connectivity index (χ1v) is 6.38. The molecular weight excluding hydrogens is 226 g/mol. The molecule has 0 bridgehead atoms. The van der Waals surface area contributed by atoms with Gasteiger partial charge in [-0.25, -0.2) is 0 Å². The minimum atomic E-state index is 0.141. The van der Waals surface area contributed by atoms with Gasteiger partial charge in [0.05, 0.1) is 0 Å². The van der Waals surface area contributed by atoms with Crippen molar-refractivity contribution < 1.29 is 5.21 Å². The van der Waals surface area contributed by atoms with Crippen LogP contribution in [0.1, 0.15) is 38.3 Å². The fraction of sp³-hybridized carbons (Fsp3) is 0.500. The molecule has 2 unspecified atom stereocenters. The lowest BCUT2D eigenvalue weighted by molar-refractivity contribution is 0.318. The second-order valence-electron chi connectivity index (χ2n) is 4.74. The van der Waals surface area contributed by atoms with Gasteiger partial charge in [0.2, 0.25) is 0 Å². The molecule has 4 N–H and O–H groups in total. The Labute approximate surface area is 109 Å². The van der Waals surface area contributed by atoms with Gasteiger partial charge in [0.15, 0.2) is 5.84 Å². The molecule has 1 aromatic carbocycles. The Kier molecular flexibility index (Phi) is 5.65. The van der Waals surface area contributed by atoms with Crippen molar-refractivity contribution in [2.24, 2.45) is 16.8 Å². The van der Waals surface area contributed by atoms with E-state index in [9.17, 15) is 0 Å². The van der Waals surface area contributed by atoms with Crippen molar-refractivity contribution in [3.8, 4) is 0 Å². The van der Waals surface area contributed by atoms with E-state index in [0.717, 1.165) is 12.1 Å². The zero-order chi connectivity index (χ0) is 13.5. The van der Waals surface area contributed by atoms with Gasteiger partial charge in [-0.05, 0) is 18.4 Å². The van der Waals surface area contributed by atoms with Crippen LogP contribution in [-0.2, 0) is 6.54 Å². The highest BCUT2D eigenvalue weighted by Crippen LogP contribution is 2.09. The summed E-state index contributed by atoms with van der Waals surface area (Å²) in [6.45, 7) is 7.49. The summed E-state index contributed by atoms with van der Waals surface area (Å²) in [4.78, 5) is 0. The van der Waals surface area contributed by atoms with Gasteiger partial charge in [-0.2, -0.15) is 0 Å². The van der Waals surface area contributed by atoms with E-state index in [-0.39, 0.29) is 5.84 Å². The van der Waals surface area contributed by atoms with Crippen LogP contribution in [0.4, 0.5) is 0 Å². The Bertz CT molecular complexity index is 387. The van der Waals surface area contributed by atoms with Crippen LogP contribution in [-0.4, -0.2) is 17.1 Å². The van der Waals surface area contributed by atoms with Crippen LogP contribution in [0, 0.1) is 5.92 Å². The van der Waals surface area contributed by atoms with Crippen LogP contribution in [0.25, 0.3) is 0 Å². The van der Waals surface area contributed by atoms with Gasteiger partial charge in [0.1, 0.15) is 0 Å². The largest absolute Gasteiger partial charge is 0.409 e. The second kappa shape index (κ2) is 7.01. The number of hydrogen-bond donors (Lipinski definition) is 3. The topological polar surface area (TPSA) is 70.6 Å². The standard InChI is InChI=1S/C14H23N3O/c1-4-10(2)11(3)16-9-12-5-7-13(8-6-12)14(15)17-18/h5-8,10-11,16,18H,4,9H2,1-3H3,(H2,15,17). The third-order valence-corrected chi connectivity index (χ3v) is 3.48. The van der Waals surface area contributed by atoms with Crippen molar-refractivity contribution in [1.29, 1.82) is 0 Å². The third kappa shape index (κ3) is 4.04. The average Bonchev–Trinajstić information content (AvgIpc) is 2.43. The smallest absolute Gasteiger partial charge is 0.170 e. The number of nitrogens with zero attached hydrogens (tertiary/aromatic N) is 1. The number of rotatable bonds is 6. The molecule has 1 aromatic rings. The summed E-state index contributed by atoms with van der Waals surface area (Å²) >= 11 is 0. The van der Waals surface area contributed by atoms with E-state index in [1.807, 2.05) is 24.3 Å². The number of hydrogen-bond acceptors (Lipinski definition) is 3. The number of nitrogens with two attached hydrogens (primary N) is 1. The summed E-state index contributed by atoms with van der Waals surface area (Å²) in [6, 6.07) is 8.20. The van der Waals surface area contributed by atoms with Gasteiger partial charge >= 0.3 is 0 Å². The van der Waals surface area contributed by atoms with E-state index in [1.165, 1.54) is 12.0 Å². The quantitative estimate of drug-likeness (QED) is 0.313. The molecule has 0 spiro atoms. The predicted octanol–water partition coefficient (Wildman–Crippen LogP) is 2.31. The van der Waals surface area contributed by atoms with E-state index in [2.05, 4.69) is 31.2 Å². The lowest BCUT2D eigenvalue weighted by Gasteiger charge is -2.20. The summed E-state index contributed by atoms with van der Waals surface area (Å²) in [5, 5.41) is 15.0. The highest BCUT2D eigenvalue weighted by atomic mass is 16.4. The van der Waals surface area contributed by atoms with Crippen LogP contribution in [0.3, 0.4) is 0 Å². The molecule has 18 heavy (non-hydrogen) atoms. The summed E-state index contributed by atoms with van der Waals surface area (Å²) in [7, 11) is 0. The molecule has 0 saturated heterocycles. The predicted molar refractivity (Wildman–Crippen MR) is 74.7 cm³/mol. The Morgan fingerprint density at radius 1 is 1.33 bits per heavy atom. The number of oxime groups is 1. The maximum atomic E-state index is 8.57. The number of amidine groups is 1. The molecule has 0 aliphatic rings. The van der Waals surface area contributed by atoms with Crippen molar-refractivity contribution >= 4 is 5.84 Å². The summed E-state index contributed by atoms with van der Waals surface area (Å²) in [5.41, 5.74) is 7.44. The minimum Gasteiger partial charge on any atom is -0.409 e. The zero-order valence-corrected chi connectivity index (χ0v) is 11.4. The van der Waals surface area contributed by atoms with Crippen molar-refractivity contribution in [3.63, 3.8) is 0 Å². The fourth-order valence-corrected chi connectivity index (χ4v) is 1.68. The lowest BCUT2D eigenvalue weighted by Crippen LogP contribution is -2.31. The van der Waals surface area contributed by atoms with E-state index in [1.54, 1.807) is 0 Å². The molecule has 4 heteroatoms. The van der Waals surface area contributed by atoms with Crippen molar-refractivity contribution in [3.05, 3.63) is 35.4 Å². The van der Waals surface area contributed by atoms with Gasteiger partial charge in [-0.3, -0.25) is 0 Å². The maximum absolute atomic E-state index is 8.57. The maximum Gasteiger partial charge on any atom is 0.170 e. The van der Waals surface area contributed by atoms with E-state index in [4.69, 9.17) is 10.9 Å². The van der Waals surface area contributed by atoms with E-state index < -0.39 is 0 Å². The molecule has 1 rings (SSSR count). The molecule has 0 saturated carbocycles. The van der Waals surface area contributed by atoms with Gasteiger partial charge in [0, 0.05) is 18.2 Å². The molecule has 0 amide bonds. The van der Waals surface area contributed by atoms with Crippen LogP contribution < -0.4 is 11.1 Å². The Morgan fingerprint density at radius 3 is 2.44 bits per heavy atom. The summed E-state index contributed by atoms with van der Waals surface area (Å²) < 4.78 is 0. The van der Waals surface area contributed by atoms with Crippen LogP contribution in [0.2, 0.25) is 0 Å². The Hall–Kier alpha value is -1.55. The molecule has 0 aromatic heterocycles. The normalized spacial score (nSPS) is 15.4. The third-order valence-electron chi connectivity index (χ3n) is 3.48. The molecule has 0 heterocycles. The molecule has 100 valence electrons. The first-order valence-electron chi connectivity index (χ1n) is 6.38. The lowest BCUT2D eigenvalue weighted by atomic mass is 10.0. The molecule has 4 nitrogen and oxygen atoms in total. The molecule has 0 fully saturated rings. The zero-order valence-electron chi connectivity index (χ0n) is 11.4. The number of benzene rings is 1. The molecule has 0 aliphatic carbocycles. The van der Waals surface area contributed by atoms with Gasteiger partial charge in [-0.1, -0.05) is 49.7 Å². The highest BCUT2D eigenvalue weighted by molar-refractivity contribution is 5.96. The first kappa shape index (κ1) is 14.5. The van der Waals surface area contributed by atoms with Gasteiger partial charge in [-0.15, -0.1) is 0 Å².